The molecule has 6 heteroatoms. The topological polar surface area (TPSA) is 70.6 Å². The van der Waals surface area contributed by atoms with Crippen molar-refractivity contribution in [1.29, 1.82) is 0 Å². The van der Waals surface area contributed by atoms with E-state index in [2.05, 4.69) is 10.8 Å². The minimum Gasteiger partial charge on any atom is -0.481 e. The Hall–Kier alpha value is -0.360. The van der Waals surface area contributed by atoms with Crippen molar-refractivity contribution in [3.05, 3.63) is 0 Å². The van der Waals surface area contributed by atoms with Crippen molar-refractivity contribution in [3.8, 4) is 0 Å². The summed E-state index contributed by atoms with van der Waals surface area (Å²) in [6, 6.07) is 0. The number of hydrogen-bond donors (Lipinski definition) is 3. The van der Waals surface area contributed by atoms with Crippen LogP contribution in [0.15, 0.2) is 0 Å². The molecule has 0 aromatic rings. The summed E-state index contributed by atoms with van der Waals surface area (Å²) in [4.78, 5) is 16.9. The summed E-state index contributed by atoms with van der Waals surface area (Å²) in [5, 5.41) is 13.1. The third-order valence-corrected chi connectivity index (χ3v) is 6.00. The van der Waals surface area contributed by atoms with Crippen LogP contribution in [0.2, 0.25) is 0 Å². The Morgan fingerprint density at radius 1 is 1.18 bits per heavy atom. The number of aliphatic carboxylic acids is 1. The molecule has 3 N–H and O–H groups in total. The highest BCUT2D eigenvalue weighted by Gasteiger charge is 2.37. The molecule has 0 spiro atoms. The SMILES string of the molecule is O=C(O)C1CCCC(C2NOC(CC3CCC(Cl)CC3)N2)C1. The highest BCUT2D eigenvalue weighted by Crippen LogP contribution is 2.34. The molecule has 4 unspecified atom stereocenters. The van der Waals surface area contributed by atoms with Crippen molar-refractivity contribution in [2.45, 2.75) is 75.6 Å². The van der Waals surface area contributed by atoms with Crippen LogP contribution in [0.5, 0.6) is 0 Å². The molecule has 22 heavy (non-hydrogen) atoms. The van der Waals surface area contributed by atoms with Gasteiger partial charge in [0.05, 0.1) is 12.1 Å². The van der Waals surface area contributed by atoms with Crippen LogP contribution in [0.4, 0.5) is 0 Å². The molecule has 1 saturated heterocycles. The Morgan fingerprint density at radius 3 is 2.68 bits per heavy atom. The van der Waals surface area contributed by atoms with Gasteiger partial charge >= 0.3 is 5.97 Å². The van der Waals surface area contributed by atoms with Crippen LogP contribution >= 0.6 is 11.6 Å². The summed E-state index contributed by atoms with van der Waals surface area (Å²) in [7, 11) is 0. The van der Waals surface area contributed by atoms with Gasteiger partial charge in [0, 0.05) is 5.38 Å². The van der Waals surface area contributed by atoms with Gasteiger partial charge in [-0.3, -0.25) is 14.9 Å². The van der Waals surface area contributed by atoms with Gasteiger partial charge in [-0.1, -0.05) is 6.42 Å². The normalized spacial score (nSPS) is 43.1. The van der Waals surface area contributed by atoms with Crippen LogP contribution in [0.25, 0.3) is 0 Å². The molecule has 0 aromatic carbocycles. The maximum Gasteiger partial charge on any atom is 0.306 e. The lowest BCUT2D eigenvalue weighted by atomic mass is 9.80. The minimum atomic E-state index is -0.655. The predicted octanol–water partition coefficient (Wildman–Crippen LogP) is 2.84. The van der Waals surface area contributed by atoms with Crippen LogP contribution in [0.3, 0.4) is 0 Å². The number of nitrogens with one attached hydrogen (secondary N) is 2. The summed E-state index contributed by atoms with van der Waals surface area (Å²) in [6.07, 6.45) is 9.37. The van der Waals surface area contributed by atoms with E-state index >= 15 is 0 Å². The maximum absolute atomic E-state index is 11.2. The molecule has 2 aliphatic carbocycles. The van der Waals surface area contributed by atoms with Crippen LogP contribution < -0.4 is 10.8 Å². The highest BCUT2D eigenvalue weighted by molar-refractivity contribution is 6.20. The fourth-order valence-corrected chi connectivity index (χ4v) is 4.44. The Labute approximate surface area is 137 Å². The number of hydroxylamine groups is 1. The van der Waals surface area contributed by atoms with Crippen molar-refractivity contribution < 1.29 is 14.7 Å². The van der Waals surface area contributed by atoms with E-state index in [4.69, 9.17) is 16.4 Å². The van der Waals surface area contributed by atoms with E-state index in [9.17, 15) is 9.90 Å². The molecule has 0 radical (unpaired) electrons. The van der Waals surface area contributed by atoms with E-state index in [1.807, 2.05) is 0 Å². The summed E-state index contributed by atoms with van der Waals surface area (Å²) in [6.45, 7) is 0. The Bertz CT molecular complexity index is 388. The molecular formula is C16H27ClN2O3. The number of hydrogen-bond acceptors (Lipinski definition) is 4. The van der Waals surface area contributed by atoms with Crippen molar-refractivity contribution >= 4 is 17.6 Å². The van der Waals surface area contributed by atoms with Crippen molar-refractivity contribution in [1.82, 2.24) is 10.8 Å². The molecule has 3 rings (SSSR count). The van der Waals surface area contributed by atoms with E-state index in [0.717, 1.165) is 44.9 Å². The predicted molar refractivity (Wildman–Crippen MR) is 84.2 cm³/mol. The van der Waals surface area contributed by atoms with E-state index in [1.165, 1.54) is 12.8 Å². The Balaban J connectivity index is 1.44. The van der Waals surface area contributed by atoms with Crippen LogP contribution in [0, 0.1) is 17.8 Å². The van der Waals surface area contributed by atoms with E-state index < -0.39 is 5.97 Å². The average Bonchev–Trinajstić information content (AvgIpc) is 2.98. The number of carboxylic acids is 1. The Kier molecular flexibility index (Phi) is 5.60. The quantitative estimate of drug-likeness (QED) is 0.691. The second-order valence-corrected chi connectivity index (χ2v) is 7.80. The zero-order valence-electron chi connectivity index (χ0n) is 13.0. The molecule has 5 nitrogen and oxygen atoms in total. The monoisotopic (exact) mass is 330 g/mol. The molecule has 1 heterocycles. The lowest BCUT2D eigenvalue weighted by molar-refractivity contribution is -0.143. The van der Waals surface area contributed by atoms with Crippen molar-refractivity contribution in [2.24, 2.45) is 17.8 Å². The van der Waals surface area contributed by atoms with Gasteiger partial charge in [-0.05, 0) is 63.2 Å². The minimum absolute atomic E-state index is 0.0482. The van der Waals surface area contributed by atoms with Gasteiger partial charge in [0.2, 0.25) is 0 Å². The fourth-order valence-electron chi connectivity index (χ4n) is 4.19. The first-order chi connectivity index (χ1) is 10.6. The molecule has 0 aromatic heterocycles. The van der Waals surface area contributed by atoms with E-state index in [-0.39, 0.29) is 18.3 Å². The van der Waals surface area contributed by atoms with Gasteiger partial charge in [-0.2, -0.15) is 5.48 Å². The first-order valence-electron chi connectivity index (χ1n) is 8.66. The van der Waals surface area contributed by atoms with Crippen molar-refractivity contribution in [2.75, 3.05) is 0 Å². The third kappa shape index (κ3) is 4.13. The highest BCUT2D eigenvalue weighted by atomic mass is 35.5. The van der Waals surface area contributed by atoms with Crippen LogP contribution in [-0.4, -0.2) is 28.8 Å². The number of alkyl halides is 1. The van der Waals surface area contributed by atoms with E-state index in [1.54, 1.807) is 0 Å². The van der Waals surface area contributed by atoms with Crippen molar-refractivity contribution in [3.63, 3.8) is 0 Å². The van der Waals surface area contributed by atoms with Crippen LogP contribution in [-0.2, 0) is 9.63 Å². The lowest BCUT2D eigenvalue weighted by Crippen LogP contribution is -2.43. The molecule has 0 bridgehead atoms. The summed E-state index contributed by atoms with van der Waals surface area (Å²) >= 11 is 6.16. The van der Waals surface area contributed by atoms with Gasteiger partial charge < -0.3 is 5.11 Å². The number of carbonyl (C=O) groups is 1. The molecule has 126 valence electrons. The smallest absolute Gasteiger partial charge is 0.306 e. The maximum atomic E-state index is 11.2. The molecule has 4 atom stereocenters. The largest absolute Gasteiger partial charge is 0.481 e. The molecular weight excluding hydrogens is 304 g/mol. The van der Waals surface area contributed by atoms with E-state index in [0.29, 0.717) is 17.2 Å². The number of carboxylic acid groups (broad SMARTS) is 1. The molecule has 0 amide bonds. The fraction of sp³-hybridized carbons (Fsp3) is 0.938. The second kappa shape index (κ2) is 7.47. The zero-order valence-corrected chi connectivity index (χ0v) is 13.7. The molecule has 3 fully saturated rings. The van der Waals surface area contributed by atoms with Gasteiger partial charge in [0.1, 0.15) is 6.23 Å². The zero-order chi connectivity index (χ0) is 15.5. The average molecular weight is 331 g/mol. The first kappa shape index (κ1) is 16.5. The third-order valence-electron chi connectivity index (χ3n) is 5.56. The first-order valence-corrected chi connectivity index (χ1v) is 9.09. The van der Waals surface area contributed by atoms with Gasteiger partial charge in [0.25, 0.3) is 0 Å². The second-order valence-electron chi connectivity index (χ2n) is 7.18. The van der Waals surface area contributed by atoms with Crippen LogP contribution in [0.1, 0.15) is 57.8 Å². The summed E-state index contributed by atoms with van der Waals surface area (Å²) in [5.74, 6) is 0.183. The number of halogens is 1. The lowest BCUT2D eigenvalue weighted by Gasteiger charge is -2.30. The van der Waals surface area contributed by atoms with Gasteiger partial charge in [-0.25, -0.2) is 0 Å². The standard InChI is InChI=1S/C16H27ClN2O3/c17-13-6-4-10(5-7-13)8-14-18-15(19-22-14)11-2-1-3-12(9-11)16(20)21/h10-15,18-19H,1-9H2,(H,20,21). The van der Waals surface area contributed by atoms with Gasteiger partial charge in [0.15, 0.2) is 0 Å². The molecule has 2 saturated carbocycles. The summed E-state index contributed by atoms with van der Waals surface area (Å²) in [5.41, 5.74) is 3.10. The summed E-state index contributed by atoms with van der Waals surface area (Å²) < 4.78 is 0. The number of rotatable bonds is 4. The van der Waals surface area contributed by atoms with Gasteiger partial charge in [-0.15, -0.1) is 11.6 Å². The molecule has 3 aliphatic rings. The Morgan fingerprint density at radius 2 is 1.95 bits per heavy atom. The molecule has 1 aliphatic heterocycles.